The highest BCUT2D eigenvalue weighted by Crippen LogP contribution is 2.25. The normalized spacial score (nSPS) is 19.2. The van der Waals surface area contributed by atoms with Crippen molar-refractivity contribution in [2.45, 2.75) is 51.0 Å². The van der Waals surface area contributed by atoms with Gasteiger partial charge in [-0.05, 0) is 63.1 Å². The number of hydrogen-bond acceptors (Lipinski definition) is 7. The molecular formula is C28H42N8O. The summed E-state index contributed by atoms with van der Waals surface area (Å²) < 4.78 is 0. The minimum absolute atomic E-state index is 0.0687. The van der Waals surface area contributed by atoms with Gasteiger partial charge < -0.3 is 30.7 Å². The van der Waals surface area contributed by atoms with Gasteiger partial charge >= 0.3 is 6.03 Å². The number of hydrogen-bond donors (Lipinski definition) is 3. The SMILES string of the molecule is CN(CCNC(=O)NC1CCc2ccccc2C1)CCNc1cc(N2CCCC2)nc(N2CCCC2)n1. The van der Waals surface area contributed by atoms with Crippen molar-refractivity contribution in [1.29, 1.82) is 0 Å². The van der Waals surface area contributed by atoms with Gasteiger partial charge in [0.15, 0.2) is 0 Å². The average molecular weight is 507 g/mol. The third-order valence-electron chi connectivity index (χ3n) is 7.78. The van der Waals surface area contributed by atoms with Gasteiger partial charge in [-0.25, -0.2) is 4.79 Å². The predicted molar refractivity (Wildman–Crippen MR) is 150 cm³/mol. The van der Waals surface area contributed by atoms with Crippen molar-refractivity contribution in [1.82, 2.24) is 25.5 Å². The number of carbonyl (C=O) groups excluding carboxylic acids is 1. The van der Waals surface area contributed by atoms with E-state index in [-0.39, 0.29) is 12.1 Å². The number of nitrogens with zero attached hydrogens (tertiary/aromatic N) is 5. The standard InChI is InChI=1S/C28H42N8O/c1-34(19-13-30-28(37)31-24-11-10-22-8-2-3-9-23(22)20-24)18-12-29-25-21-26(35-14-4-5-15-35)33-27(32-25)36-16-6-7-17-36/h2-3,8-9,21,24H,4-7,10-20H2,1H3,(H,29,32,33)(H2,30,31,37). The molecule has 0 radical (unpaired) electrons. The Labute approximate surface area is 221 Å². The van der Waals surface area contributed by atoms with E-state index in [0.29, 0.717) is 6.54 Å². The smallest absolute Gasteiger partial charge is 0.315 e. The van der Waals surface area contributed by atoms with Crippen LogP contribution in [0.25, 0.3) is 0 Å². The number of aromatic nitrogens is 2. The van der Waals surface area contributed by atoms with Crippen molar-refractivity contribution < 1.29 is 4.79 Å². The highest BCUT2D eigenvalue weighted by Gasteiger charge is 2.21. The Bertz CT molecular complexity index is 1000. The molecule has 9 nitrogen and oxygen atoms in total. The van der Waals surface area contributed by atoms with Crippen molar-refractivity contribution in [3.8, 4) is 0 Å². The molecule has 1 aliphatic carbocycles. The van der Waals surface area contributed by atoms with Gasteiger partial charge in [0, 0.05) is 64.5 Å². The van der Waals surface area contributed by atoms with Crippen LogP contribution in [0.1, 0.15) is 43.2 Å². The zero-order chi connectivity index (χ0) is 25.5. The van der Waals surface area contributed by atoms with Crippen molar-refractivity contribution >= 4 is 23.6 Å². The number of likely N-dealkylation sites (N-methyl/N-ethyl adjacent to an activating group) is 1. The van der Waals surface area contributed by atoms with Gasteiger partial charge in [-0.15, -0.1) is 0 Å². The summed E-state index contributed by atoms with van der Waals surface area (Å²) in [5.74, 6) is 2.80. The number of rotatable bonds is 10. The number of amides is 2. The molecule has 200 valence electrons. The Morgan fingerprint density at radius 1 is 0.973 bits per heavy atom. The van der Waals surface area contributed by atoms with Crippen LogP contribution in [0, 0.1) is 0 Å². The Morgan fingerprint density at radius 3 is 2.46 bits per heavy atom. The van der Waals surface area contributed by atoms with Crippen LogP contribution in [-0.2, 0) is 12.8 Å². The van der Waals surface area contributed by atoms with Gasteiger partial charge in [-0.1, -0.05) is 24.3 Å². The van der Waals surface area contributed by atoms with Crippen LogP contribution in [0.2, 0.25) is 0 Å². The number of carbonyl (C=O) groups is 1. The number of nitrogens with one attached hydrogen (secondary N) is 3. The van der Waals surface area contributed by atoms with Crippen molar-refractivity contribution in [2.75, 3.05) is 74.5 Å². The van der Waals surface area contributed by atoms with E-state index >= 15 is 0 Å². The average Bonchev–Trinajstić information content (AvgIpc) is 3.64. The molecule has 0 bridgehead atoms. The molecule has 3 aliphatic rings. The van der Waals surface area contributed by atoms with Crippen LogP contribution in [0.3, 0.4) is 0 Å². The van der Waals surface area contributed by atoms with Crippen LogP contribution in [0.15, 0.2) is 30.3 Å². The maximum atomic E-state index is 12.4. The largest absolute Gasteiger partial charge is 0.369 e. The third-order valence-corrected chi connectivity index (χ3v) is 7.78. The lowest BCUT2D eigenvalue weighted by Crippen LogP contribution is -2.46. The molecule has 5 rings (SSSR count). The molecular weight excluding hydrogens is 464 g/mol. The molecule has 1 unspecified atom stereocenters. The van der Waals surface area contributed by atoms with E-state index in [1.165, 1.54) is 36.8 Å². The molecule has 2 saturated heterocycles. The van der Waals surface area contributed by atoms with Gasteiger partial charge in [0.05, 0.1) is 0 Å². The first kappa shape index (κ1) is 25.6. The Balaban J connectivity index is 1.03. The number of fused-ring (bicyclic) bond motifs is 1. The van der Waals surface area contributed by atoms with Crippen molar-refractivity contribution in [3.05, 3.63) is 41.5 Å². The highest BCUT2D eigenvalue weighted by molar-refractivity contribution is 5.74. The topological polar surface area (TPSA) is 88.7 Å². The summed E-state index contributed by atoms with van der Waals surface area (Å²) in [6.07, 6.45) is 7.84. The van der Waals surface area contributed by atoms with Crippen LogP contribution < -0.4 is 25.8 Å². The molecule has 1 aromatic heterocycles. The Hall–Kier alpha value is -3.07. The first-order valence-electron chi connectivity index (χ1n) is 14.1. The third kappa shape index (κ3) is 7.03. The lowest BCUT2D eigenvalue weighted by Gasteiger charge is -2.25. The fraction of sp³-hybridized carbons (Fsp3) is 0.607. The minimum Gasteiger partial charge on any atom is -0.369 e. The van der Waals surface area contributed by atoms with E-state index in [1.54, 1.807) is 0 Å². The highest BCUT2D eigenvalue weighted by atomic mass is 16.2. The molecule has 1 aromatic carbocycles. The molecule has 2 fully saturated rings. The lowest BCUT2D eigenvalue weighted by molar-refractivity contribution is 0.233. The molecule has 9 heteroatoms. The fourth-order valence-corrected chi connectivity index (χ4v) is 5.58. The van der Waals surface area contributed by atoms with E-state index < -0.39 is 0 Å². The quantitative estimate of drug-likeness (QED) is 0.457. The second-order valence-corrected chi connectivity index (χ2v) is 10.6. The van der Waals surface area contributed by atoms with E-state index in [4.69, 9.17) is 9.97 Å². The predicted octanol–water partition coefficient (Wildman–Crippen LogP) is 2.88. The fourth-order valence-electron chi connectivity index (χ4n) is 5.58. The van der Waals surface area contributed by atoms with Gasteiger partial charge in [0.25, 0.3) is 0 Å². The summed E-state index contributed by atoms with van der Waals surface area (Å²) in [5.41, 5.74) is 2.77. The molecule has 1 atom stereocenters. The molecule has 2 aromatic rings. The van der Waals surface area contributed by atoms with E-state index in [0.717, 1.165) is 82.7 Å². The summed E-state index contributed by atoms with van der Waals surface area (Å²) in [4.78, 5) is 29.0. The number of urea groups is 1. The second kappa shape index (κ2) is 12.4. The molecule has 2 aliphatic heterocycles. The first-order valence-corrected chi connectivity index (χ1v) is 14.1. The molecule has 2 amide bonds. The van der Waals surface area contributed by atoms with Crippen LogP contribution in [0.4, 0.5) is 22.4 Å². The van der Waals surface area contributed by atoms with E-state index in [9.17, 15) is 4.79 Å². The van der Waals surface area contributed by atoms with Crippen LogP contribution in [-0.4, -0.2) is 86.3 Å². The van der Waals surface area contributed by atoms with Crippen molar-refractivity contribution in [2.24, 2.45) is 0 Å². The number of aryl methyl sites for hydroxylation is 1. The molecule has 3 N–H and O–H groups in total. The Morgan fingerprint density at radius 2 is 1.68 bits per heavy atom. The maximum Gasteiger partial charge on any atom is 0.315 e. The zero-order valence-corrected chi connectivity index (χ0v) is 22.2. The van der Waals surface area contributed by atoms with Crippen LogP contribution >= 0.6 is 0 Å². The summed E-state index contributed by atoms with van der Waals surface area (Å²) in [6, 6.07) is 10.8. The molecule has 0 spiro atoms. The second-order valence-electron chi connectivity index (χ2n) is 10.6. The van der Waals surface area contributed by atoms with E-state index in [2.05, 4.69) is 68.0 Å². The number of anilines is 3. The zero-order valence-electron chi connectivity index (χ0n) is 22.2. The maximum absolute atomic E-state index is 12.4. The van der Waals surface area contributed by atoms with Gasteiger partial charge in [-0.3, -0.25) is 0 Å². The van der Waals surface area contributed by atoms with Gasteiger partial charge in [0.1, 0.15) is 11.6 Å². The Kier molecular flexibility index (Phi) is 8.61. The minimum atomic E-state index is -0.0687. The van der Waals surface area contributed by atoms with Gasteiger partial charge in [0.2, 0.25) is 5.95 Å². The number of benzene rings is 1. The molecule has 3 heterocycles. The monoisotopic (exact) mass is 506 g/mol. The molecule has 37 heavy (non-hydrogen) atoms. The molecule has 0 saturated carbocycles. The van der Waals surface area contributed by atoms with Gasteiger partial charge in [-0.2, -0.15) is 9.97 Å². The lowest BCUT2D eigenvalue weighted by atomic mass is 9.88. The first-order chi connectivity index (χ1) is 18.1. The van der Waals surface area contributed by atoms with Crippen LogP contribution in [0.5, 0.6) is 0 Å². The summed E-state index contributed by atoms with van der Waals surface area (Å²) in [5, 5.41) is 9.70. The van der Waals surface area contributed by atoms with Crippen molar-refractivity contribution in [3.63, 3.8) is 0 Å². The summed E-state index contributed by atoms with van der Waals surface area (Å²) in [6.45, 7) is 7.31. The van der Waals surface area contributed by atoms with E-state index in [1.807, 2.05) is 0 Å². The summed E-state index contributed by atoms with van der Waals surface area (Å²) in [7, 11) is 2.09. The summed E-state index contributed by atoms with van der Waals surface area (Å²) >= 11 is 0.